The quantitative estimate of drug-likeness (QED) is 0.624. The Labute approximate surface area is 168 Å². The maximum Gasteiger partial charge on any atom is 0.417 e. The number of aromatic nitrogens is 2. The Morgan fingerprint density at radius 2 is 2.00 bits per heavy atom. The molecular weight excluding hydrogens is 404 g/mol. The lowest BCUT2D eigenvalue weighted by Crippen LogP contribution is -2.46. The number of nitrogens with zero attached hydrogens (tertiary/aromatic N) is 3. The van der Waals surface area contributed by atoms with Crippen LogP contribution in [0.25, 0.3) is 11.0 Å². The molecule has 30 heavy (non-hydrogen) atoms. The van der Waals surface area contributed by atoms with Crippen molar-refractivity contribution in [2.45, 2.75) is 31.7 Å². The first-order chi connectivity index (χ1) is 14.0. The third kappa shape index (κ3) is 3.71. The third-order valence-corrected chi connectivity index (χ3v) is 4.95. The molecule has 2 aromatic carbocycles. The van der Waals surface area contributed by atoms with Gasteiger partial charge in [-0.15, -0.1) is 0 Å². The fourth-order valence-electron chi connectivity index (χ4n) is 3.00. The summed E-state index contributed by atoms with van der Waals surface area (Å²) in [6.45, 7) is 2.68. The number of amides is 1. The van der Waals surface area contributed by atoms with Crippen molar-refractivity contribution >= 4 is 22.6 Å². The summed E-state index contributed by atoms with van der Waals surface area (Å²) in [4.78, 5) is 16.6. The monoisotopic (exact) mass is 420 g/mol. The molecule has 1 heterocycles. The number of nitriles is 1. The normalized spacial score (nSPS) is 14.7. The molecular formula is C20H16F4N4O2. The molecule has 1 aromatic heterocycles. The first kappa shape index (κ1) is 21.3. The molecule has 0 aliphatic rings. The number of carbonyl (C=O) groups is 1. The van der Waals surface area contributed by atoms with Gasteiger partial charge in [-0.2, -0.15) is 18.4 Å². The van der Waals surface area contributed by atoms with Gasteiger partial charge in [-0.05, 0) is 44.2 Å². The highest BCUT2D eigenvalue weighted by atomic mass is 19.4. The molecule has 0 aliphatic carbocycles. The first-order valence-corrected chi connectivity index (χ1v) is 8.73. The Kier molecular flexibility index (Phi) is 5.26. The summed E-state index contributed by atoms with van der Waals surface area (Å²) in [6.07, 6.45) is -3.52. The number of rotatable bonds is 4. The van der Waals surface area contributed by atoms with E-state index in [1.807, 2.05) is 0 Å². The number of nitrogens with one attached hydrogen (secondary N) is 1. The SMILES string of the molecule is CC(n1cnc2c(F)cccc21)[C@](C)(O)C(=O)Nc1ccc(C#N)c(C(F)(F)F)c1. The third-order valence-electron chi connectivity index (χ3n) is 4.95. The molecule has 0 saturated heterocycles. The first-order valence-electron chi connectivity index (χ1n) is 8.73. The zero-order valence-corrected chi connectivity index (χ0v) is 15.8. The molecule has 0 spiro atoms. The molecule has 2 atom stereocenters. The number of benzene rings is 2. The Balaban J connectivity index is 1.90. The number of carbonyl (C=O) groups excluding carboxylic acids is 1. The number of para-hydroxylation sites is 1. The van der Waals surface area contributed by atoms with Gasteiger partial charge in [0.2, 0.25) is 0 Å². The van der Waals surface area contributed by atoms with Crippen molar-refractivity contribution in [2.75, 3.05) is 5.32 Å². The van der Waals surface area contributed by atoms with Crippen LogP contribution in [-0.2, 0) is 11.0 Å². The number of imidazole rings is 1. The molecule has 3 rings (SSSR count). The number of alkyl halides is 3. The molecule has 3 aromatic rings. The molecule has 10 heteroatoms. The van der Waals surface area contributed by atoms with Gasteiger partial charge in [0.25, 0.3) is 5.91 Å². The lowest BCUT2D eigenvalue weighted by atomic mass is 9.96. The summed E-state index contributed by atoms with van der Waals surface area (Å²) in [5, 5.41) is 21.9. The second kappa shape index (κ2) is 7.42. The molecule has 2 N–H and O–H groups in total. The van der Waals surface area contributed by atoms with Gasteiger partial charge in [-0.1, -0.05) is 6.07 Å². The Hall–Kier alpha value is -3.45. The van der Waals surface area contributed by atoms with Crippen LogP contribution in [0.15, 0.2) is 42.7 Å². The van der Waals surface area contributed by atoms with Crippen molar-refractivity contribution in [3.05, 3.63) is 59.7 Å². The minimum Gasteiger partial charge on any atom is -0.378 e. The number of halogens is 4. The van der Waals surface area contributed by atoms with Gasteiger partial charge >= 0.3 is 6.18 Å². The molecule has 1 unspecified atom stereocenters. The van der Waals surface area contributed by atoms with Crippen LogP contribution in [0.4, 0.5) is 23.2 Å². The van der Waals surface area contributed by atoms with Crippen LogP contribution in [0.1, 0.15) is 31.0 Å². The fraction of sp³-hybridized carbons (Fsp3) is 0.250. The van der Waals surface area contributed by atoms with Crippen LogP contribution in [-0.4, -0.2) is 26.2 Å². The van der Waals surface area contributed by atoms with E-state index in [1.54, 1.807) is 6.07 Å². The second-order valence-corrected chi connectivity index (χ2v) is 6.91. The molecule has 156 valence electrons. The van der Waals surface area contributed by atoms with Crippen LogP contribution >= 0.6 is 0 Å². The number of hydrogen-bond acceptors (Lipinski definition) is 4. The molecule has 1 amide bonds. The zero-order valence-electron chi connectivity index (χ0n) is 15.8. The van der Waals surface area contributed by atoms with Gasteiger partial charge in [0.1, 0.15) is 5.52 Å². The van der Waals surface area contributed by atoms with Gasteiger partial charge in [0.05, 0.1) is 35.1 Å². The standard InChI is InChI=1S/C20H16F4N4O2/c1-11(28-10-26-17-15(21)4-3-5-16(17)28)19(2,30)18(29)27-13-7-6-12(9-25)14(8-13)20(22,23)24/h3-8,10-11,30H,1-2H3,(H,27,29)/t11?,19-/m0/s1. The molecule has 0 fully saturated rings. The average Bonchev–Trinajstić information content (AvgIpc) is 3.12. The van der Waals surface area contributed by atoms with E-state index in [9.17, 15) is 27.5 Å². The molecule has 0 aliphatic heterocycles. The molecule has 0 saturated carbocycles. The summed E-state index contributed by atoms with van der Waals surface area (Å²) in [7, 11) is 0. The minimum atomic E-state index is -4.79. The van der Waals surface area contributed by atoms with Gasteiger partial charge < -0.3 is 15.0 Å². The number of anilines is 1. The van der Waals surface area contributed by atoms with Crippen molar-refractivity contribution in [2.24, 2.45) is 0 Å². The van der Waals surface area contributed by atoms with Gasteiger partial charge in [-0.3, -0.25) is 4.79 Å². The Morgan fingerprint density at radius 1 is 1.30 bits per heavy atom. The summed E-state index contributed by atoms with van der Waals surface area (Å²) < 4.78 is 54.7. The number of hydrogen-bond donors (Lipinski definition) is 2. The van der Waals surface area contributed by atoms with Crippen LogP contribution < -0.4 is 5.32 Å². The van der Waals surface area contributed by atoms with Crippen LogP contribution in [0.3, 0.4) is 0 Å². The highest BCUT2D eigenvalue weighted by Crippen LogP contribution is 2.34. The summed E-state index contributed by atoms with van der Waals surface area (Å²) in [6, 6.07) is 7.43. The van der Waals surface area contributed by atoms with Gasteiger partial charge in [0.15, 0.2) is 11.4 Å². The fourth-order valence-corrected chi connectivity index (χ4v) is 3.00. The molecule has 6 nitrogen and oxygen atoms in total. The highest BCUT2D eigenvalue weighted by Gasteiger charge is 2.39. The number of fused-ring (bicyclic) bond motifs is 1. The maximum absolute atomic E-state index is 13.9. The van der Waals surface area contributed by atoms with Gasteiger partial charge in [0, 0.05) is 5.69 Å². The zero-order chi connectivity index (χ0) is 22.3. The lowest BCUT2D eigenvalue weighted by Gasteiger charge is -2.30. The van der Waals surface area contributed by atoms with E-state index in [1.165, 1.54) is 42.9 Å². The van der Waals surface area contributed by atoms with Crippen molar-refractivity contribution in [3.8, 4) is 6.07 Å². The van der Waals surface area contributed by atoms with Crippen LogP contribution in [0, 0.1) is 17.1 Å². The van der Waals surface area contributed by atoms with E-state index in [4.69, 9.17) is 5.26 Å². The van der Waals surface area contributed by atoms with E-state index >= 15 is 0 Å². The summed E-state index contributed by atoms with van der Waals surface area (Å²) in [5.74, 6) is -1.55. The molecule has 0 radical (unpaired) electrons. The summed E-state index contributed by atoms with van der Waals surface area (Å²) >= 11 is 0. The van der Waals surface area contributed by atoms with Gasteiger partial charge in [-0.25, -0.2) is 9.37 Å². The van der Waals surface area contributed by atoms with Crippen molar-refractivity contribution in [1.29, 1.82) is 5.26 Å². The van der Waals surface area contributed by atoms with E-state index in [2.05, 4.69) is 10.3 Å². The van der Waals surface area contributed by atoms with E-state index in [0.717, 1.165) is 12.1 Å². The maximum atomic E-state index is 13.9. The average molecular weight is 420 g/mol. The van der Waals surface area contributed by atoms with Crippen molar-refractivity contribution < 1.29 is 27.5 Å². The van der Waals surface area contributed by atoms with E-state index in [-0.39, 0.29) is 11.2 Å². The highest BCUT2D eigenvalue weighted by molar-refractivity contribution is 5.97. The van der Waals surface area contributed by atoms with Crippen molar-refractivity contribution in [3.63, 3.8) is 0 Å². The van der Waals surface area contributed by atoms with Crippen LogP contribution in [0.5, 0.6) is 0 Å². The van der Waals surface area contributed by atoms with Crippen molar-refractivity contribution in [1.82, 2.24) is 9.55 Å². The smallest absolute Gasteiger partial charge is 0.378 e. The largest absolute Gasteiger partial charge is 0.417 e. The summed E-state index contributed by atoms with van der Waals surface area (Å²) in [5.41, 5.74) is -3.72. The topological polar surface area (TPSA) is 90.9 Å². The predicted octanol–water partition coefficient (Wildman–Crippen LogP) is 4.02. The Morgan fingerprint density at radius 3 is 2.63 bits per heavy atom. The van der Waals surface area contributed by atoms with E-state index < -0.39 is 40.7 Å². The molecule has 0 bridgehead atoms. The number of aliphatic hydroxyl groups is 1. The second-order valence-electron chi connectivity index (χ2n) is 6.91. The van der Waals surface area contributed by atoms with E-state index in [0.29, 0.717) is 11.6 Å². The van der Waals surface area contributed by atoms with Crippen LogP contribution in [0.2, 0.25) is 0 Å². The lowest BCUT2D eigenvalue weighted by molar-refractivity contribution is -0.138. The predicted molar refractivity (Wildman–Crippen MR) is 99.8 cm³/mol. The minimum absolute atomic E-state index is 0.0578. The Bertz CT molecular complexity index is 1160.